The predicted molar refractivity (Wildman–Crippen MR) is 103 cm³/mol. The van der Waals surface area contributed by atoms with Gasteiger partial charge in [-0.25, -0.2) is 0 Å². The zero-order chi connectivity index (χ0) is 20.1. The van der Waals surface area contributed by atoms with Crippen molar-refractivity contribution < 1.29 is 19.2 Å². The van der Waals surface area contributed by atoms with Crippen LogP contribution in [0.3, 0.4) is 0 Å². The van der Waals surface area contributed by atoms with Crippen molar-refractivity contribution in [3.63, 3.8) is 0 Å². The van der Waals surface area contributed by atoms with Crippen molar-refractivity contribution in [3.8, 4) is 5.75 Å². The molecule has 2 aromatic carbocycles. The Morgan fingerprint density at radius 1 is 1.21 bits per heavy atom. The van der Waals surface area contributed by atoms with Gasteiger partial charge in [-0.05, 0) is 29.8 Å². The third-order valence-electron chi connectivity index (χ3n) is 4.69. The van der Waals surface area contributed by atoms with E-state index in [1.54, 1.807) is 24.1 Å². The van der Waals surface area contributed by atoms with Crippen LogP contribution in [0, 0.1) is 16.0 Å². The van der Waals surface area contributed by atoms with Crippen LogP contribution in [-0.4, -0.2) is 36.9 Å². The minimum Gasteiger partial charge on any atom is -0.497 e. The molecule has 1 aliphatic rings. The lowest BCUT2D eigenvalue weighted by molar-refractivity contribution is -0.384. The van der Waals surface area contributed by atoms with E-state index in [1.807, 2.05) is 24.3 Å². The number of benzene rings is 2. The average Bonchev–Trinajstić information content (AvgIpc) is 3.07. The largest absolute Gasteiger partial charge is 0.497 e. The van der Waals surface area contributed by atoms with Gasteiger partial charge in [0.05, 0.1) is 18.5 Å². The molecule has 1 unspecified atom stereocenters. The number of anilines is 1. The Hall–Kier alpha value is -3.42. The molecule has 28 heavy (non-hydrogen) atoms. The summed E-state index contributed by atoms with van der Waals surface area (Å²) in [6, 6.07) is 13.2. The fraction of sp³-hybridized carbons (Fsp3) is 0.300. The molecular weight excluding hydrogens is 362 g/mol. The number of nitro benzene ring substituents is 1. The van der Waals surface area contributed by atoms with Crippen molar-refractivity contribution >= 4 is 23.2 Å². The maximum atomic E-state index is 12.3. The van der Waals surface area contributed by atoms with Gasteiger partial charge >= 0.3 is 0 Å². The van der Waals surface area contributed by atoms with Crippen LogP contribution in [0.2, 0.25) is 0 Å². The van der Waals surface area contributed by atoms with Crippen LogP contribution in [0.4, 0.5) is 11.4 Å². The molecule has 1 N–H and O–H groups in total. The second-order valence-electron chi connectivity index (χ2n) is 6.68. The summed E-state index contributed by atoms with van der Waals surface area (Å²) < 4.78 is 5.13. The number of non-ortho nitro benzene ring substituents is 1. The highest BCUT2D eigenvalue weighted by molar-refractivity contribution is 5.95. The molecule has 1 saturated heterocycles. The Morgan fingerprint density at radius 2 is 1.89 bits per heavy atom. The first-order valence-electron chi connectivity index (χ1n) is 8.90. The third-order valence-corrected chi connectivity index (χ3v) is 4.69. The first-order chi connectivity index (χ1) is 13.5. The fourth-order valence-corrected chi connectivity index (χ4v) is 3.17. The number of hydrogen-bond acceptors (Lipinski definition) is 5. The predicted octanol–water partition coefficient (Wildman–Crippen LogP) is 2.32. The van der Waals surface area contributed by atoms with Crippen LogP contribution >= 0.6 is 0 Å². The monoisotopic (exact) mass is 383 g/mol. The third kappa shape index (κ3) is 4.64. The van der Waals surface area contributed by atoms with Crippen molar-refractivity contribution in [2.45, 2.75) is 12.8 Å². The van der Waals surface area contributed by atoms with E-state index >= 15 is 0 Å². The van der Waals surface area contributed by atoms with Crippen molar-refractivity contribution in [3.05, 3.63) is 64.2 Å². The van der Waals surface area contributed by atoms with Gasteiger partial charge in [0, 0.05) is 43.2 Å². The van der Waals surface area contributed by atoms with E-state index in [0.29, 0.717) is 25.1 Å². The van der Waals surface area contributed by atoms with E-state index in [9.17, 15) is 19.7 Å². The molecule has 1 fully saturated rings. The highest BCUT2D eigenvalue weighted by atomic mass is 16.6. The lowest BCUT2D eigenvalue weighted by atomic mass is 10.1. The second kappa shape index (κ2) is 8.51. The Labute approximate surface area is 162 Å². The molecule has 2 amide bonds. The topological polar surface area (TPSA) is 102 Å². The minimum absolute atomic E-state index is 0.00718. The molecule has 2 aromatic rings. The van der Waals surface area contributed by atoms with Crippen molar-refractivity contribution in [1.82, 2.24) is 5.32 Å². The second-order valence-corrected chi connectivity index (χ2v) is 6.68. The smallest absolute Gasteiger partial charge is 0.269 e. The molecule has 8 nitrogen and oxygen atoms in total. The number of carbonyl (C=O) groups is 2. The Balaban J connectivity index is 1.49. The molecule has 0 bridgehead atoms. The van der Waals surface area contributed by atoms with Crippen LogP contribution < -0.4 is 15.0 Å². The molecule has 0 spiro atoms. The fourth-order valence-electron chi connectivity index (χ4n) is 3.17. The number of carbonyl (C=O) groups excluding carboxylic acids is 2. The van der Waals surface area contributed by atoms with Crippen LogP contribution in [0.15, 0.2) is 48.5 Å². The van der Waals surface area contributed by atoms with Crippen LogP contribution in [0.5, 0.6) is 5.75 Å². The normalized spacial score (nSPS) is 16.1. The average molecular weight is 383 g/mol. The zero-order valence-corrected chi connectivity index (χ0v) is 15.5. The first-order valence-corrected chi connectivity index (χ1v) is 8.90. The number of nitro groups is 1. The number of nitrogens with zero attached hydrogens (tertiary/aromatic N) is 2. The van der Waals surface area contributed by atoms with Gasteiger partial charge in [0.2, 0.25) is 11.8 Å². The van der Waals surface area contributed by atoms with E-state index in [0.717, 1.165) is 11.4 Å². The number of rotatable bonds is 7. The van der Waals surface area contributed by atoms with Gasteiger partial charge < -0.3 is 15.0 Å². The van der Waals surface area contributed by atoms with E-state index in [2.05, 4.69) is 5.32 Å². The summed E-state index contributed by atoms with van der Waals surface area (Å²) in [4.78, 5) is 36.3. The Kier molecular flexibility index (Phi) is 5.88. The minimum atomic E-state index is -0.477. The summed E-state index contributed by atoms with van der Waals surface area (Å²) in [7, 11) is 1.59. The lowest BCUT2D eigenvalue weighted by Crippen LogP contribution is -2.32. The summed E-state index contributed by atoms with van der Waals surface area (Å²) in [6.45, 7) is 0.952. The van der Waals surface area contributed by atoms with Crippen LogP contribution in [0.25, 0.3) is 0 Å². The Morgan fingerprint density at radius 3 is 2.50 bits per heavy atom. The van der Waals surface area contributed by atoms with Gasteiger partial charge in [-0.1, -0.05) is 12.1 Å². The summed E-state index contributed by atoms with van der Waals surface area (Å²) in [5.41, 5.74) is 1.50. The summed E-state index contributed by atoms with van der Waals surface area (Å²) in [5, 5.41) is 13.5. The molecule has 0 saturated carbocycles. The lowest BCUT2D eigenvalue weighted by Gasteiger charge is -2.17. The molecule has 1 atom stereocenters. The maximum Gasteiger partial charge on any atom is 0.269 e. The van der Waals surface area contributed by atoms with Gasteiger partial charge in [-0.3, -0.25) is 19.7 Å². The van der Waals surface area contributed by atoms with Crippen molar-refractivity contribution in [2.75, 3.05) is 25.1 Å². The molecule has 0 aliphatic carbocycles. The SMILES string of the molecule is COc1ccc(N2CC(CNC(=O)Cc3ccc([N+](=O)[O-])cc3)CC2=O)cc1. The van der Waals surface area contributed by atoms with Gasteiger partial charge in [-0.15, -0.1) is 0 Å². The van der Waals surface area contributed by atoms with Gasteiger partial charge in [-0.2, -0.15) is 0 Å². The Bertz CT molecular complexity index is 864. The van der Waals surface area contributed by atoms with Gasteiger partial charge in [0.15, 0.2) is 0 Å². The molecule has 146 valence electrons. The van der Waals surface area contributed by atoms with Gasteiger partial charge in [0.1, 0.15) is 5.75 Å². The number of amides is 2. The van der Waals surface area contributed by atoms with Crippen LogP contribution in [0.1, 0.15) is 12.0 Å². The number of methoxy groups -OCH3 is 1. The summed E-state index contributed by atoms with van der Waals surface area (Å²) in [5.74, 6) is 0.616. The molecule has 1 heterocycles. The maximum absolute atomic E-state index is 12.3. The number of nitrogens with one attached hydrogen (secondary N) is 1. The van der Waals surface area contributed by atoms with Gasteiger partial charge in [0.25, 0.3) is 5.69 Å². The number of hydrogen-bond donors (Lipinski definition) is 1. The van der Waals surface area contributed by atoms with E-state index in [-0.39, 0.29) is 29.8 Å². The molecule has 0 aromatic heterocycles. The molecular formula is C20H21N3O5. The zero-order valence-electron chi connectivity index (χ0n) is 15.5. The highest BCUT2D eigenvalue weighted by Gasteiger charge is 2.30. The van der Waals surface area contributed by atoms with Crippen molar-refractivity contribution in [1.29, 1.82) is 0 Å². The highest BCUT2D eigenvalue weighted by Crippen LogP contribution is 2.26. The number of ether oxygens (including phenoxy) is 1. The molecule has 3 rings (SSSR count). The molecule has 1 aliphatic heterocycles. The summed E-state index contributed by atoms with van der Waals surface area (Å²) in [6.07, 6.45) is 0.519. The first kappa shape index (κ1) is 19.3. The van der Waals surface area contributed by atoms with E-state index < -0.39 is 4.92 Å². The standard InChI is InChI=1S/C20H21N3O5/c1-28-18-8-6-16(7-9-18)22-13-15(11-20(22)25)12-21-19(24)10-14-2-4-17(5-3-14)23(26)27/h2-9,15H,10-13H2,1H3,(H,21,24). The molecule has 0 radical (unpaired) electrons. The van der Waals surface area contributed by atoms with E-state index in [1.165, 1.54) is 12.1 Å². The van der Waals surface area contributed by atoms with E-state index in [4.69, 9.17) is 4.74 Å². The van der Waals surface area contributed by atoms with Crippen LogP contribution in [-0.2, 0) is 16.0 Å². The van der Waals surface area contributed by atoms with Crippen molar-refractivity contribution in [2.24, 2.45) is 5.92 Å². The summed E-state index contributed by atoms with van der Waals surface area (Å²) >= 11 is 0. The quantitative estimate of drug-likeness (QED) is 0.584. The molecule has 8 heteroatoms.